The molecule has 10 nitrogen and oxygen atoms in total. The van der Waals surface area contributed by atoms with Gasteiger partial charge >= 0.3 is 6.01 Å². The minimum absolute atomic E-state index is 0.0592. The smallest absolute Gasteiger partial charge is 0.319 e. The minimum atomic E-state index is -3.84. The maximum absolute atomic E-state index is 13.4. The standard InChI is InChI=1S/C30H27N5O5S/c1-38-29-25(17-32-30(34-29)39-2)19-11-14-24-26(15-19)31-18-27(41(36,37)35-20-12-13-20)28(24)33-21-7-6-10-23(16-21)40-22-8-4-3-5-9-22/h3-11,14-18,20,35H,12-13H2,1-2H3,(H,31,33). The first-order valence-corrected chi connectivity index (χ1v) is 14.4. The molecular formula is C30H27N5O5S. The Hall–Kier alpha value is -4.74. The molecule has 0 saturated heterocycles. The quantitative estimate of drug-likeness (QED) is 0.218. The number of sulfonamides is 1. The molecule has 0 bridgehead atoms. The fraction of sp³-hybridized carbons (Fsp3) is 0.167. The van der Waals surface area contributed by atoms with E-state index in [4.69, 9.17) is 14.2 Å². The third kappa shape index (κ3) is 5.76. The Morgan fingerprint density at radius 3 is 2.41 bits per heavy atom. The van der Waals surface area contributed by atoms with Crippen LogP contribution in [0.1, 0.15) is 12.8 Å². The first-order chi connectivity index (χ1) is 19.9. The number of nitrogens with one attached hydrogen (secondary N) is 2. The normalized spacial score (nSPS) is 13.1. The Balaban J connectivity index is 1.43. The number of hydrogen-bond donors (Lipinski definition) is 2. The van der Waals surface area contributed by atoms with Crippen molar-refractivity contribution in [2.45, 2.75) is 23.8 Å². The van der Waals surface area contributed by atoms with Crippen molar-refractivity contribution in [3.05, 3.63) is 85.2 Å². The highest BCUT2D eigenvalue weighted by molar-refractivity contribution is 7.89. The zero-order chi connectivity index (χ0) is 28.4. The van der Waals surface area contributed by atoms with E-state index in [1.165, 1.54) is 20.4 Å². The van der Waals surface area contributed by atoms with Crippen LogP contribution >= 0.6 is 0 Å². The van der Waals surface area contributed by atoms with Gasteiger partial charge < -0.3 is 19.5 Å². The number of nitrogens with zero attached hydrogens (tertiary/aromatic N) is 3. The van der Waals surface area contributed by atoms with E-state index in [0.29, 0.717) is 45.2 Å². The molecule has 0 amide bonds. The van der Waals surface area contributed by atoms with Crippen LogP contribution in [0.2, 0.25) is 0 Å². The van der Waals surface area contributed by atoms with Crippen LogP contribution in [0.25, 0.3) is 22.0 Å². The molecule has 0 atom stereocenters. The number of rotatable bonds is 10. The summed E-state index contributed by atoms with van der Waals surface area (Å²) >= 11 is 0. The zero-order valence-electron chi connectivity index (χ0n) is 22.4. The van der Waals surface area contributed by atoms with Crippen molar-refractivity contribution in [2.75, 3.05) is 19.5 Å². The summed E-state index contributed by atoms with van der Waals surface area (Å²) in [6, 6.07) is 22.4. The third-order valence-corrected chi connectivity index (χ3v) is 8.06. The molecule has 1 saturated carbocycles. The Morgan fingerprint density at radius 2 is 1.66 bits per heavy atom. The largest absolute Gasteiger partial charge is 0.480 e. The van der Waals surface area contributed by atoms with E-state index in [2.05, 4.69) is 25.0 Å². The van der Waals surface area contributed by atoms with Crippen molar-refractivity contribution < 1.29 is 22.6 Å². The fourth-order valence-electron chi connectivity index (χ4n) is 4.37. The maximum atomic E-state index is 13.4. The van der Waals surface area contributed by atoms with Gasteiger partial charge in [-0.15, -0.1) is 0 Å². The van der Waals surface area contributed by atoms with Gasteiger partial charge in [-0.2, -0.15) is 4.98 Å². The molecule has 0 radical (unpaired) electrons. The summed E-state index contributed by atoms with van der Waals surface area (Å²) in [7, 11) is -0.836. The molecule has 2 aromatic heterocycles. The van der Waals surface area contributed by atoms with Crippen LogP contribution in [0, 0.1) is 0 Å². The van der Waals surface area contributed by atoms with E-state index in [-0.39, 0.29) is 16.9 Å². The first kappa shape index (κ1) is 26.5. The van der Waals surface area contributed by atoms with Crippen molar-refractivity contribution in [1.82, 2.24) is 19.7 Å². The molecule has 6 rings (SSSR count). The lowest BCUT2D eigenvalue weighted by Gasteiger charge is -2.17. The lowest BCUT2D eigenvalue weighted by molar-refractivity contribution is 0.353. The molecule has 0 aliphatic heterocycles. The highest BCUT2D eigenvalue weighted by Crippen LogP contribution is 2.37. The average molecular weight is 570 g/mol. The number of anilines is 2. The van der Waals surface area contributed by atoms with E-state index in [9.17, 15) is 8.42 Å². The SMILES string of the molecule is COc1ncc(-c2ccc3c(Nc4cccc(Oc5ccccc5)c4)c(S(=O)(=O)NC4CC4)cnc3c2)c(OC)n1. The number of ether oxygens (including phenoxy) is 3. The molecule has 208 valence electrons. The molecule has 2 N–H and O–H groups in total. The van der Waals surface area contributed by atoms with Gasteiger partial charge in [-0.25, -0.2) is 18.1 Å². The van der Waals surface area contributed by atoms with Gasteiger partial charge in [0.05, 0.1) is 31.0 Å². The van der Waals surface area contributed by atoms with Crippen LogP contribution in [-0.4, -0.2) is 43.6 Å². The van der Waals surface area contributed by atoms with Gasteiger partial charge in [0.2, 0.25) is 15.9 Å². The number of pyridine rings is 1. The average Bonchev–Trinajstić information content (AvgIpc) is 3.80. The van der Waals surface area contributed by atoms with Gasteiger partial charge in [0.15, 0.2) is 0 Å². The molecule has 5 aromatic rings. The Bertz CT molecular complexity index is 1830. The zero-order valence-corrected chi connectivity index (χ0v) is 23.2. The lowest BCUT2D eigenvalue weighted by Crippen LogP contribution is -2.26. The van der Waals surface area contributed by atoms with Gasteiger partial charge in [0, 0.05) is 35.6 Å². The topological polar surface area (TPSA) is 125 Å². The van der Waals surface area contributed by atoms with Crippen LogP contribution in [0.15, 0.2) is 90.1 Å². The summed E-state index contributed by atoms with van der Waals surface area (Å²) in [4.78, 5) is 13.1. The summed E-state index contributed by atoms with van der Waals surface area (Å²) in [6.45, 7) is 0. The molecular weight excluding hydrogens is 542 g/mol. The first-order valence-electron chi connectivity index (χ1n) is 12.9. The number of hydrogen-bond acceptors (Lipinski definition) is 9. The van der Waals surface area contributed by atoms with Gasteiger partial charge in [-0.1, -0.05) is 36.4 Å². The maximum Gasteiger partial charge on any atom is 0.319 e. The summed E-state index contributed by atoms with van der Waals surface area (Å²) in [5.41, 5.74) is 3.03. The summed E-state index contributed by atoms with van der Waals surface area (Å²) < 4.78 is 46.2. The van der Waals surface area contributed by atoms with Crippen molar-refractivity contribution in [2.24, 2.45) is 0 Å². The molecule has 3 aromatic carbocycles. The summed E-state index contributed by atoms with van der Waals surface area (Å²) in [5.74, 6) is 1.65. The van der Waals surface area contributed by atoms with Gasteiger partial charge in [0.25, 0.3) is 0 Å². The van der Waals surface area contributed by atoms with Crippen LogP contribution < -0.4 is 24.2 Å². The second kappa shape index (κ2) is 11.0. The highest BCUT2D eigenvalue weighted by atomic mass is 32.2. The van der Waals surface area contributed by atoms with Crippen LogP contribution in [0.5, 0.6) is 23.4 Å². The number of methoxy groups -OCH3 is 2. The summed E-state index contributed by atoms with van der Waals surface area (Å²) in [5, 5.41) is 3.95. The van der Waals surface area contributed by atoms with Crippen LogP contribution in [-0.2, 0) is 10.0 Å². The number of aromatic nitrogens is 3. The Morgan fingerprint density at radius 1 is 0.854 bits per heavy atom. The van der Waals surface area contributed by atoms with E-state index < -0.39 is 10.0 Å². The minimum Gasteiger partial charge on any atom is -0.480 e. The number of benzene rings is 3. The van der Waals surface area contributed by atoms with Crippen molar-refractivity contribution >= 4 is 32.3 Å². The Kier molecular flexibility index (Phi) is 7.12. The van der Waals surface area contributed by atoms with Gasteiger partial charge in [0.1, 0.15) is 16.4 Å². The highest BCUT2D eigenvalue weighted by Gasteiger charge is 2.30. The van der Waals surface area contributed by atoms with E-state index in [1.807, 2.05) is 72.8 Å². The molecule has 41 heavy (non-hydrogen) atoms. The fourth-order valence-corrected chi connectivity index (χ4v) is 5.79. The molecule has 0 spiro atoms. The van der Waals surface area contributed by atoms with E-state index in [0.717, 1.165) is 18.4 Å². The molecule has 0 unspecified atom stereocenters. The van der Waals surface area contributed by atoms with Gasteiger partial charge in [-0.3, -0.25) is 4.98 Å². The summed E-state index contributed by atoms with van der Waals surface area (Å²) in [6.07, 6.45) is 4.63. The predicted molar refractivity (Wildman–Crippen MR) is 155 cm³/mol. The number of para-hydroxylation sites is 1. The predicted octanol–water partition coefficient (Wildman–Crippen LogP) is 5.69. The second-order valence-corrected chi connectivity index (χ2v) is 11.2. The second-order valence-electron chi connectivity index (χ2n) is 9.47. The molecule has 1 fully saturated rings. The van der Waals surface area contributed by atoms with Crippen LogP contribution in [0.3, 0.4) is 0 Å². The lowest BCUT2D eigenvalue weighted by atomic mass is 10.0. The van der Waals surface area contributed by atoms with Gasteiger partial charge in [-0.05, 0) is 48.7 Å². The van der Waals surface area contributed by atoms with E-state index in [1.54, 1.807) is 6.20 Å². The van der Waals surface area contributed by atoms with Crippen molar-refractivity contribution in [3.8, 4) is 34.5 Å². The monoisotopic (exact) mass is 569 g/mol. The Labute approximate surface area is 237 Å². The van der Waals surface area contributed by atoms with Crippen molar-refractivity contribution in [3.63, 3.8) is 0 Å². The van der Waals surface area contributed by atoms with E-state index >= 15 is 0 Å². The molecule has 2 heterocycles. The molecule has 1 aliphatic rings. The third-order valence-electron chi connectivity index (χ3n) is 6.52. The molecule has 11 heteroatoms. The van der Waals surface area contributed by atoms with Crippen LogP contribution in [0.4, 0.5) is 11.4 Å². The number of fused-ring (bicyclic) bond motifs is 1. The van der Waals surface area contributed by atoms with Crippen molar-refractivity contribution in [1.29, 1.82) is 0 Å². The molecule has 1 aliphatic carbocycles.